The molecule has 1 heterocycles. The first kappa shape index (κ1) is 14.0. The first-order valence-corrected chi connectivity index (χ1v) is 7.30. The summed E-state index contributed by atoms with van der Waals surface area (Å²) in [4.78, 5) is 27.7. The molecule has 1 saturated carbocycles. The van der Waals surface area contributed by atoms with E-state index in [4.69, 9.17) is 0 Å². The van der Waals surface area contributed by atoms with Crippen LogP contribution in [0.3, 0.4) is 0 Å². The van der Waals surface area contributed by atoms with E-state index in [0.717, 1.165) is 12.8 Å². The zero-order chi connectivity index (χ0) is 13.8. The third kappa shape index (κ3) is 3.32. The molecule has 2 rings (SSSR count). The number of Topliss-reactive ketones (excluding diaryl/α,β-unsaturated/α-hetero) is 1. The van der Waals surface area contributed by atoms with Crippen molar-refractivity contribution in [3.05, 3.63) is 10.6 Å². The van der Waals surface area contributed by atoms with Crippen molar-refractivity contribution in [3.8, 4) is 0 Å². The van der Waals surface area contributed by atoms with Crippen LogP contribution in [-0.4, -0.2) is 29.9 Å². The molecule has 0 spiro atoms. The van der Waals surface area contributed by atoms with Gasteiger partial charge in [-0.1, -0.05) is 30.6 Å². The summed E-state index contributed by atoms with van der Waals surface area (Å²) in [6.45, 7) is 1.43. The predicted octanol–water partition coefficient (Wildman–Crippen LogP) is 2.88. The van der Waals surface area contributed by atoms with Gasteiger partial charge in [-0.15, -0.1) is 0 Å². The maximum absolute atomic E-state index is 11.6. The number of hydrogen-bond donors (Lipinski definition) is 1. The third-order valence-corrected chi connectivity index (χ3v) is 4.35. The van der Waals surface area contributed by atoms with Crippen molar-refractivity contribution in [2.24, 2.45) is 0 Å². The van der Waals surface area contributed by atoms with Crippen molar-refractivity contribution in [1.29, 1.82) is 0 Å². The van der Waals surface area contributed by atoms with Crippen molar-refractivity contribution >= 4 is 28.2 Å². The molecule has 5 nitrogen and oxygen atoms in total. The Morgan fingerprint density at radius 1 is 1.32 bits per heavy atom. The SMILES string of the molecule is COC(=O)c1nc(NC2CCCCC2)sc1C(C)=O. The lowest BCUT2D eigenvalue weighted by Gasteiger charge is -2.22. The number of carbonyl (C=O) groups is 2. The normalized spacial score (nSPS) is 16.1. The van der Waals surface area contributed by atoms with Crippen LogP contribution in [0.15, 0.2) is 0 Å². The predicted molar refractivity (Wildman–Crippen MR) is 74.0 cm³/mol. The topological polar surface area (TPSA) is 68.3 Å². The number of ether oxygens (including phenoxy) is 1. The van der Waals surface area contributed by atoms with Crippen LogP contribution >= 0.6 is 11.3 Å². The number of methoxy groups -OCH3 is 1. The van der Waals surface area contributed by atoms with E-state index < -0.39 is 5.97 Å². The van der Waals surface area contributed by atoms with E-state index in [0.29, 0.717) is 16.1 Å². The molecule has 0 aromatic carbocycles. The van der Waals surface area contributed by atoms with E-state index in [-0.39, 0.29) is 11.5 Å². The van der Waals surface area contributed by atoms with Gasteiger partial charge in [-0.3, -0.25) is 4.79 Å². The van der Waals surface area contributed by atoms with Gasteiger partial charge in [0.2, 0.25) is 0 Å². The average molecular weight is 282 g/mol. The van der Waals surface area contributed by atoms with E-state index in [1.807, 2.05) is 0 Å². The lowest BCUT2D eigenvalue weighted by molar-refractivity contribution is 0.0591. The molecule has 1 fully saturated rings. The zero-order valence-corrected chi connectivity index (χ0v) is 12.0. The van der Waals surface area contributed by atoms with Crippen LogP contribution in [0, 0.1) is 0 Å². The van der Waals surface area contributed by atoms with E-state index >= 15 is 0 Å². The number of anilines is 1. The summed E-state index contributed by atoms with van der Waals surface area (Å²) in [7, 11) is 1.29. The third-order valence-electron chi connectivity index (χ3n) is 3.26. The highest BCUT2D eigenvalue weighted by Crippen LogP contribution is 2.27. The molecule has 1 aromatic rings. The van der Waals surface area contributed by atoms with Gasteiger partial charge in [-0.2, -0.15) is 0 Å². The van der Waals surface area contributed by atoms with Gasteiger partial charge < -0.3 is 10.1 Å². The molecule has 0 saturated heterocycles. The number of carbonyl (C=O) groups excluding carboxylic acids is 2. The average Bonchev–Trinajstić information content (AvgIpc) is 2.83. The fourth-order valence-electron chi connectivity index (χ4n) is 2.28. The molecular weight excluding hydrogens is 264 g/mol. The number of esters is 1. The molecule has 0 radical (unpaired) electrons. The Labute approximate surface area is 116 Å². The molecular formula is C13H18N2O3S. The van der Waals surface area contributed by atoms with E-state index in [1.54, 1.807) is 0 Å². The van der Waals surface area contributed by atoms with Crippen LogP contribution in [0.4, 0.5) is 5.13 Å². The monoisotopic (exact) mass is 282 g/mol. The second-order valence-electron chi connectivity index (χ2n) is 4.72. The molecule has 0 aliphatic heterocycles. The lowest BCUT2D eigenvalue weighted by atomic mass is 9.96. The minimum atomic E-state index is -0.557. The molecule has 0 atom stereocenters. The second kappa shape index (κ2) is 6.14. The van der Waals surface area contributed by atoms with E-state index in [9.17, 15) is 9.59 Å². The molecule has 19 heavy (non-hydrogen) atoms. The quantitative estimate of drug-likeness (QED) is 0.679. The summed E-state index contributed by atoms with van der Waals surface area (Å²) >= 11 is 1.23. The number of hydrogen-bond acceptors (Lipinski definition) is 6. The van der Waals surface area contributed by atoms with Gasteiger partial charge in [0, 0.05) is 13.0 Å². The first-order valence-electron chi connectivity index (χ1n) is 6.48. The largest absolute Gasteiger partial charge is 0.464 e. The van der Waals surface area contributed by atoms with Crippen LogP contribution in [-0.2, 0) is 4.74 Å². The fourth-order valence-corrected chi connectivity index (χ4v) is 3.20. The second-order valence-corrected chi connectivity index (χ2v) is 5.72. The van der Waals surface area contributed by atoms with E-state index in [2.05, 4.69) is 15.0 Å². The smallest absolute Gasteiger partial charge is 0.358 e. The molecule has 0 unspecified atom stereocenters. The van der Waals surface area contributed by atoms with Crippen LogP contribution in [0.25, 0.3) is 0 Å². The summed E-state index contributed by atoms with van der Waals surface area (Å²) < 4.78 is 4.66. The van der Waals surface area contributed by atoms with Gasteiger partial charge in [0.05, 0.1) is 7.11 Å². The van der Waals surface area contributed by atoms with Crippen LogP contribution in [0.5, 0.6) is 0 Å². The lowest BCUT2D eigenvalue weighted by Crippen LogP contribution is -2.22. The van der Waals surface area contributed by atoms with Crippen molar-refractivity contribution in [2.75, 3.05) is 12.4 Å². The van der Waals surface area contributed by atoms with Gasteiger partial charge in [0.1, 0.15) is 4.88 Å². The number of nitrogens with zero attached hydrogens (tertiary/aromatic N) is 1. The van der Waals surface area contributed by atoms with Gasteiger partial charge in [-0.25, -0.2) is 9.78 Å². The zero-order valence-electron chi connectivity index (χ0n) is 11.2. The molecule has 1 aliphatic carbocycles. The molecule has 1 aliphatic rings. The van der Waals surface area contributed by atoms with Gasteiger partial charge in [0.15, 0.2) is 16.6 Å². The summed E-state index contributed by atoms with van der Waals surface area (Å²) in [6, 6.07) is 0.394. The van der Waals surface area contributed by atoms with Gasteiger partial charge in [0.25, 0.3) is 0 Å². The number of nitrogens with one attached hydrogen (secondary N) is 1. The number of ketones is 1. The van der Waals surface area contributed by atoms with Crippen LogP contribution < -0.4 is 5.32 Å². The Morgan fingerprint density at radius 3 is 2.58 bits per heavy atom. The van der Waals surface area contributed by atoms with Crippen molar-refractivity contribution in [1.82, 2.24) is 4.98 Å². The summed E-state index contributed by atoms with van der Waals surface area (Å²) in [5, 5.41) is 3.96. The highest BCUT2D eigenvalue weighted by Gasteiger charge is 2.23. The minimum Gasteiger partial charge on any atom is -0.464 e. The number of thiazole rings is 1. The number of rotatable bonds is 4. The Hall–Kier alpha value is -1.43. The first-order chi connectivity index (χ1) is 9.11. The molecule has 6 heteroatoms. The minimum absolute atomic E-state index is 0.123. The molecule has 1 aromatic heterocycles. The van der Waals surface area contributed by atoms with E-state index in [1.165, 1.54) is 44.6 Å². The highest BCUT2D eigenvalue weighted by molar-refractivity contribution is 7.17. The standard InChI is InChI=1S/C13H18N2O3S/c1-8(16)11-10(12(17)18-2)15-13(19-11)14-9-6-4-3-5-7-9/h9H,3-7H2,1-2H3,(H,14,15). The van der Waals surface area contributed by atoms with Crippen molar-refractivity contribution in [2.45, 2.75) is 45.1 Å². The Morgan fingerprint density at radius 2 is 2.00 bits per heavy atom. The molecule has 1 N–H and O–H groups in total. The Bertz CT molecular complexity index is 478. The highest BCUT2D eigenvalue weighted by atomic mass is 32.1. The van der Waals surface area contributed by atoms with Crippen LogP contribution in [0.1, 0.15) is 59.2 Å². The van der Waals surface area contributed by atoms with Gasteiger partial charge >= 0.3 is 5.97 Å². The molecule has 0 bridgehead atoms. The Balaban J connectivity index is 2.17. The van der Waals surface area contributed by atoms with Gasteiger partial charge in [-0.05, 0) is 12.8 Å². The maximum Gasteiger partial charge on any atom is 0.358 e. The maximum atomic E-state index is 11.6. The summed E-state index contributed by atoms with van der Waals surface area (Å²) in [5.41, 5.74) is 0.123. The van der Waals surface area contributed by atoms with Crippen molar-refractivity contribution in [3.63, 3.8) is 0 Å². The fraction of sp³-hybridized carbons (Fsp3) is 0.615. The number of aromatic nitrogens is 1. The van der Waals surface area contributed by atoms with Crippen molar-refractivity contribution < 1.29 is 14.3 Å². The molecule has 0 amide bonds. The molecule has 104 valence electrons. The van der Waals surface area contributed by atoms with Crippen LogP contribution in [0.2, 0.25) is 0 Å². The Kier molecular flexibility index (Phi) is 4.52. The summed E-state index contributed by atoms with van der Waals surface area (Å²) in [6.07, 6.45) is 5.94. The summed E-state index contributed by atoms with van der Waals surface area (Å²) in [5.74, 6) is -0.715.